The van der Waals surface area contributed by atoms with E-state index in [2.05, 4.69) is 57.3 Å². The maximum Gasteiger partial charge on any atom is 0.178 e. The van der Waals surface area contributed by atoms with Gasteiger partial charge in [-0.25, -0.2) is 0 Å². The standard InChI is InChI=1S/C12H13IN2S/c1-2-7-5-11(7)15-10-4-3-8(13)6-9(10)14-12(15)16/h3-4,6-7,11H,2,5H2,1H3,(H,14,16). The summed E-state index contributed by atoms with van der Waals surface area (Å²) in [7, 11) is 0. The van der Waals surface area contributed by atoms with Crippen molar-refractivity contribution in [2.45, 2.75) is 25.8 Å². The number of imidazole rings is 1. The highest BCUT2D eigenvalue weighted by molar-refractivity contribution is 14.1. The smallest absolute Gasteiger partial charge is 0.178 e. The molecule has 1 N–H and O–H groups in total. The number of benzene rings is 1. The van der Waals surface area contributed by atoms with Crippen LogP contribution in [0.1, 0.15) is 25.8 Å². The predicted octanol–water partition coefficient (Wildman–Crippen LogP) is 4.27. The van der Waals surface area contributed by atoms with Crippen LogP contribution in [0.2, 0.25) is 0 Å². The van der Waals surface area contributed by atoms with E-state index in [4.69, 9.17) is 12.2 Å². The lowest BCUT2D eigenvalue weighted by molar-refractivity contribution is 0.648. The van der Waals surface area contributed by atoms with Gasteiger partial charge in [0.25, 0.3) is 0 Å². The average Bonchev–Trinajstić information content (AvgIpc) is 2.94. The molecule has 0 bridgehead atoms. The molecule has 1 heterocycles. The van der Waals surface area contributed by atoms with Crippen LogP contribution in [0.3, 0.4) is 0 Å². The summed E-state index contributed by atoms with van der Waals surface area (Å²) in [5.41, 5.74) is 2.42. The first-order valence-corrected chi connectivity index (χ1v) is 7.09. The van der Waals surface area contributed by atoms with Gasteiger partial charge >= 0.3 is 0 Å². The Morgan fingerprint density at radius 3 is 3.06 bits per heavy atom. The van der Waals surface area contributed by atoms with Gasteiger partial charge < -0.3 is 9.55 Å². The van der Waals surface area contributed by atoms with Crippen molar-refractivity contribution in [3.05, 3.63) is 26.5 Å². The predicted molar refractivity (Wildman–Crippen MR) is 77.3 cm³/mol. The lowest BCUT2D eigenvalue weighted by Gasteiger charge is -2.02. The van der Waals surface area contributed by atoms with Gasteiger partial charge in [0.1, 0.15) is 0 Å². The van der Waals surface area contributed by atoms with E-state index < -0.39 is 0 Å². The Hall–Kier alpha value is -0.360. The van der Waals surface area contributed by atoms with Gasteiger partial charge in [-0.05, 0) is 65.3 Å². The largest absolute Gasteiger partial charge is 0.331 e. The minimum absolute atomic E-state index is 0.631. The number of hydrogen-bond acceptors (Lipinski definition) is 1. The molecule has 3 rings (SSSR count). The highest BCUT2D eigenvalue weighted by Gasteiger charge is 2.38. The molecule has 2 unspecified atom stereocenters. The van der Waals surface area contributed by atoms with Crippen LogP contribution in [-0.4, -0.2) is 9.55 Å². The second-order valence-electron chi connectivity index (χ2n) is 4.43. The normalized spacial score (nSPS) is 23.9. The van der Waals surface area contributed by atoms with E-state index in [0.717, 1.165) is 10.7 Å². The Balaban J connectivity index is 2.17. The third-order valence-electron chi connectivity index (χ3n) is 3.42. The van der Waals surface area contributed by atoms with E-state index in [9.17, 15) is 0 Å². The van der Waals surface area contributed by atoms with Crippen LogP contribution in [0.4, 0.5) is 0 Å². The van der Waals surface area contributed by atoms with E-state index in [0.29, 0.717) is 6.04 Å². The van der Waals surface area contributed by atoms with Gasteiger partial charge in [-0.2, -0.15) is 0 Å². The van der Waals surface area contributed by atoms with E-state index in [1.54, 1.807) is 0 Å². The van der Waals surface area contributed by atoms with E-state index in [-0.39, 0.29) is 0 Å². The SMILES string of the molecule is CCC1CC1n1c(=S)[nH]c2cc(I)ccc21. The molecule has 1 aliphatic rings. The fourth-order valence-electron chi connectivity index (χ4n) is 2.42. The Morgan fingerprint density at radius 1 is 1.56 bits per heavy atom. The molecule has 1 saturated carbocycles. The summed E-state index contributed by atoms with van der Waals surface area (Å²) in [6, 6.07) is 7.11. The van der Waals surface area contributed by atoms with Crippen molar-refractivity contribution in [3.63, 3.8) is 0 Å². The molecule has 16 heavy (non-hydrogen) atoms. The number of hydrogen-bond donors (Lipinski definition) is 1. The summed E-state index contributed by atoms with van der Waals surface area (Å²) < 4.78 is 4.42. The molecule has 1 fully saturated rings. The monoisotopic (exact) mass is 344 g/mol. The van der Waals surface area contributed by atoms with E-state index in [1.165, 1.54) is 27.4 Å². The molecule has 1 aliphatic carbocycles. The van der Waals surface area contributed by atoms with Crippen LogP contribution in [0, 0.1) is 14.3 Å². The molecule has 0 spiro atoms. The van der Waals surface area contributed by atoms with E-state index >= 15 is 0 Å². The minimum atomic E-state index is 0.631. The first kappa shape index (κ1) is 10.8. The molecule has 2 atom stereocenters. The molecule has 0 aliphatic heterocycles. The zero-order valence-electron chi connectivity index (χ0n) is 9.03. The van der Waals surface area contributed by atoms with Crippen molar-refractivity contribution < 1.29 is 0 Å². The van der Waals surface area contributed by atoms with Crippen LogP contribution in [0.5, 0.6) is 0 Å². The van der Waals surface area contributed by atoms with Crippen LogP contribution >= 0.6 is 34.8 Å². The molecular formula is C12H13IN2S. The molecule has 2 nitrogen and oxygen atoms in total. The molecule has 2 aromatic rings. The zero-order chi connectivity index (χ0) is 11.3. The van der Waals surface area contributed by atoms with Gasteiger partial charge in [0.05, 0.1) is 11.0 Å². The molecule has 0 radical (unpaired) electrons. The number of halogens is 1. The quantitative estimate of drug-likeness (QED) is 0.637. The second kappa shape index (κ2) is 3.84. The summed E-state index contributed by atoms with van der Waals surface area (Å²) >= 11 is 7.75. The summed E-state index contributed by atoms with van der Waals surface area (Å²) in [6.45, 7) is 2.26. The van der Waals surface area contributed by atoms with Crippen molar-refractivity contribution in [1.82, 2.24) is 9.55 Å². The summed E-state index contributed by atoms with van der Waals surface area (Å²) in [6.07, 6.45) is 2.53. The number of aromatic amines is 1. The highest BCUT2D eigenvalue weighted by Crippen LogP contribution is 2.47. The molecule has 0 saturated heterocycles. The lowest BCUT2D eigenvalue weighted by atomic mass is 10.3. The Morgan fingerprint density at radius 2 is 2.38 bits per heavy atom. The molecule has 0 amide bonds. The molecular weight excluding hydrogens is 331 g/mol. The highest BCUT2D eigenvalue weighted by atomic mass is 127. The Labute approximate surface area is 113 Å². The molecule has 84 valence electrons. The zero-order valence-corrected chi connectivity index (χ0v) is 12.0. The van der Waals surface area contributed by atoms with Crippen LogP contribution < -0.4 is 0 Å². The van der Waals surface area contributed by atoms with Gasteiger partial charge in [-0.15, -0.1) is 0 Å². The fourth-order valence-corrected chi connectivity index (χ4v) is 3.25. The average molecular weight is 344 g/mol. The first-order valence-electron chi connectivity index (χ1n) is 5.60. The van der Waals surface area contributed by atoms with Crippen LogP contribution in [-0.2, 0) is 0 Å². The maximum absolute atomic E-state index is 5.42. The fraction of sp³-hybridized carbons (Fsp3) is 0.417. The van der Waals surface area contributed by atoms with Gasteiger partial charge in [-0.1, -0.05) is 13.3 Å². The van der Waals surface area contributed by atoms with Gasteiger partial charge in [0.2, 0.25) is 0 Å². The van der Waals surface area contributed by atoms with Crippen molar-refractivity contribution in [1.29, 1.82) is 0 Å². The van der Waals surface area contributed by atoms with E-state index in [1.807, 2.05) is 0 Å². The number of rotatable bonds is 2. The van der Waals surface area contributed by atoms with Crippen molar-refractivity contribution in [2.24, 2.45) is 5.92 Å². The third-order valence-corrected chi connectivity index (χ3v) is 4.39. The van der Waals surface area contributed by atoms with Gasteiger partial charge in [-0.3, -0.25) is 0 Å². The van der Waals surface area contributed by atoms with Crippen molar-refractivity contribution in [3.8, 4) is 0 Å². The Kier molecular flexibility index (Phi) is 2.58. The molecule has 4 heteroatoms. The molecule has 1 aromatic carbocycles. The first-order chi connectivity index (χ1) is 7.70. The van der Waals surface area contributed by atoms with Crippen molar-refractivity contribution >= 4 is 45.8 Å². The summed E-state index contributed by atoms with van der Waals surface area (Å²) in [5.74, 6) is 0.824. The minimum Gasteiger partial charge on any atom is -0.331 e. The maximum atomic E-state index is 5.42. The number of nitrogens with one attached hydrogen (secondary N) is 1. The summed E-state index contributed by atoms with van der Waals surface area (Å²) in [4.78, 5) is 3.31. The van der Waals surface area contributed by atoms with Gasteiger partial charge in [0.15, 0.2) is 4.77 Å². The number of H-pyrrole nitrogens is 1. The van der Waals surface area contributed by atoms with Gasteiger partial charge in [0, 0.05) is 9.61 Å². The molecule has 1 aromatic heterocycles. The topological polar surface area (TPSA) is 20.7 Å². The van der Waals surface area contributed by atoms with Crippen molar-refractivity contribution in [2.75, 3.05) is 0 Å². The van der Waals surface area contributed by atoms with Crippen LogP contribution in [0.25, 0.3) is 11.0 Å². The number of aromatic nitrogens is 2. The number of fused-ring (bicyclic) bond motifs is 1. The summed E-state index contributed by atoms with van der Waals surface area (Å²) in [5, 5.41) is 0. The Bertz CT molecular complexity index is 599. The number of nitrogens with zero attached hydrogens (tertiary/aromatic N) is 1. The third kappa shape index (κ3) is 1.62. The second-order valence-corrected chi connectivity index (χ2v) is 6.07. The van der Waals surface area contributed by atoms with Crippen LogP contribution in [0.15, 0.2) is 18.2 Å². The lowest BCUT2D eigenvalue weighted by Crippen LogP contribution is -1.95.